The second-order valence-electron chi connectivity index (χ2n) is 6.68. The van der Waals surface area contributed by atoms with Gasteiger partial charge in [-0.25, -0.2) is 4.79 Å². The summed E-state index contributed by atoms with van der Waals surface area (Å²) >= 11 is 1.61. The van der Waals surface area contributed by atoms with Gasteiger partial charge in [-0.2, -0.15) is 11.8 Å². The zero-order valence-electron chi connectivity index (χ0n) is 16.8. The molecule has 0 spiro atoms. The monoisotopic (exact) mass is 437 g/mol. The number of hydrogen-bond acceptors (Lipinski definition) is 9. The van der Waals surface area contributed by atoms with Crippen LogP contribution in [0.5, 0.6) is 0 Å². The lowest BCUT2D eigenvalue weighted by Gasteiger charge is -2.26. The lowest BCUT2D eigenvalue weighted by atomic mass is 10.1. The Morgan fingerprint density at radius 3 is 2.73 bits per heavy atom. The molecule has 2 aromatic rings. The second kappa shape index (κ2) is 9.92. The van der Waals surface area contributed by atoms with E-state index in [4.69, 9.17) is 9.26 Å². The van der Waals surface area contributed by atoms with Crippen LogP contribution in [0.4, 0.5) is 5.69 Å². The van der Waals surface area contributed by atoms with Gasteiger partial charge in [0.25, 0.3) is 11.2 Å². The summed E-state index contributed by atoms with van der Waals surface area (Å²) in [5, 5.41) is 11.5. The number of hydrogen-bond donors (Lipinski definition) is 0. The summed E-state index contributed by atoms with van der Waals surface area (Å²) < 4.78 is 16.4. The quantitative estimate of drug-likeness (QED) is 0.264. The summed E-state index contributed by atoms with van der Waals surface area (Å²) in [6, 6.07) is 3.74. The Balaban J connectivity index is 1.77. The van der Waals surface area contributed by atoms with Crippen molar-refractivity contribution in [2.45, 2.75) is 12.7 Å². The fourth-order valence-electron chi connectivity index (χ4n) is 3.11. The summed E-state index contributed by atoms with van der Waals surface area (Å²) in [6.45, 7) is 5.85. The molecule has 1 aromatic carbocycles. The number of nitrogens with zero attached hydrogens (tertiary/aromatic N) is 3. The van der Waals surface area contributed by atoms with E-state index < -0.39 is 22.1 Å². The van der Waals surface area contributed by atoms with E-state index in [0.29, 0.717) is 17.1 Å². The third-order valence-corrected chi connectivity index (χ3v) is 5.77. The first-order valence-corrected chi connectivity index (χ1v) is 10.5. The number of carbonyl (C=O) groups is 1. The minimum atomic E-state index is -0.704. The molecule has 0 aliphatic carbocycles. The zero-order chi connectivity index (χ0) is 21.7. The largest absolute Gasteiger partial charge is 0.465 e. The van der Waals surface area contributed by atoms with Crippen LogP contribution in [0.3, 0.4) is 0 Å². The van der Waals surface area contributed by atoms with Crippen molar-refractivity contribution in [1.82, 2.24) is 9.64 Å². The molecule has 2 heterocycles. The van der Waals surface area contributed by atoms with Crippen molar-refractivity contribution in [2.24, 2.45) is 0 Å². The van der Waals surface area contributed by atoms with Gasteiger partial charge in [0.2, 0.25) is 0 Å². The van der Waals surface area contributed by atoms with Crippen LogP contribution in [0.25, 0.3) is 5.69 Å². The Bertz CT molecular complexity index is 979. The molecule has 0 N–H and O–H groups in total. The van der Waals surface area contributed by atoms with Crippen LogP contribution in [-0.4, -0.2) is 66.2 Å². The molecular formula is C19H23N3O7S. The Kier molecular flexibility index (Phi) is 7.29. The molecule has 1 fully saturated rings. The van der Waals surface area contributed by atoms with Gasteiger partial charge in [0.15, 0.2) is 5.69 Å². The van der Waals surface area contributed by atoms with E-state index in [-0.39, 0.29) is 11.3 Å². The molecule has 0 radical (unpaired) electrons. The van der Waals surface area contributed by atoms with E-state index in [0.717, 1.165) is 49.4 Å². The number of rotatable bonds is 8. The molecule has 1 saturated heterocycles. The number of aryl methyl sites for hydroxylation is 1. The van der Waals surface area contributed by atoms with Crippen LogP contribution < -0.4 is 5.56 Å². The maximum atomic E-state index is 12.9. The van der Waals surface area contributed by atoms with Gasteiger partial charge >= 0.3 is 5.97 Å². The minimum absolute atomic E-state index is 0.0168. The molecule has 1 aromatic heterocycles. The Morgan fingerprint density at radius 2 is 2.07 bits per heavy atom. The number of nitro benzene ring substituents is 1. The summed E-state index contributed by atoms with van der Waals surface area (Å²) in [5.41, 5.74) is -0.414. The van der Waals surface area contributed by atoms with Crippen molar-refractivity contribution in [3.05, 3.63) is 55.6 Å². The van der Waals surface area contributed by atoms with Gasteiger partial charge in [0, 0.05) is 37.2 Å². The van der Waals surface area contributed by atoms with Gasteiger partial charge in [0.05, 0.1) is 36.4 Å². The van der Waals surface area contributed by atoms with Gasteiger partial charge in [-0.05, 0) is 19.1 Å². The summed E-state index contributed by atoms with van der Waals surface area (Å²) in [6.07, 6.45) is 0. The van der Waals surface area contributed by atoms with Gasteiger partial charge in [-0.15, -0.1) is 4.74 Å². The standard InChI is InChI=1S/C19H23N3O7S/c1-13-15(12-30-10-7-20-5-8-28-9-6-20)18(23)21(29-13)16-4-3-14(19(24)27-2)11-17(16)22(25)26/h3-4,11H,5-10,12H2,1-2H3. The molecule has 0 bridgehead atoms. The molecule has 0 amide bonds. The van der Waals surface area contributed by atoms with Crippen molar-refractivity contribution in [3.63, 3.8) is 0 Å². The molecule has 1 aliphatic rings. The molecule has 0 unspecified atom stereocenters. The number of thioether (sulfide) groups is 1. The normalized spacial score (nSPS) is 14.6. The van der Waals surface area contributed by atoms with E-state index in [1.54, 1.807) is 18.7 Å². The van der Waals surface area contributed by atoms with Gasteiger partial charge in [-0.1, -0.05) is 0 Å². The SMILES string of the molecule is COC(=O)c1ccc(-n2oc(C)c(CSCCN3CCOCC3)c2=O)c([N+](=O)[O-])c1. The van der Waals surface area contributed by atoms with Crippen molar-refractivity contribution < 1.29 is 23.7 Å². The van der Waals surface area contributed by atoms with Crippen LogP contribution in [0.1, 0.15) is 21.7 Å². The maximum absolute atomic E-state index is 12.9. The average molecular weight is 437 g/mol. The minimum Gasteiger partial charge on any atom is -0.465 e. The fraction of sp³-hybridized carbons (Fsp3) is 0.474. The maximum Gasteiger partial charge on any atom is 0.338 e. The molecule has 10 nitrogen and oxygen atoms in total. The van der Waals surface area contributed by atoms with Crippen molar-refractivity contribution >= 4 is 23.4 Å². The molecule has 3 rings (SSSR count). The predicted octanol–water partition coefficient (Wildman–Crippen LogP) is 2.00. The number of esters is 1. The summed E-state index contributed by atoms with van der Waals surface area (Å²) in [4.78, 5) is 37.7. The Hall–Kier alpha value is -2.63. The first-order valence-electron chi connectivity index (χ1n) is 9.39. The molecule has 11 heteroatoms. The van der Waals surface area contributed by atoms with Crippen molar-refractivity contribution in [2.75, 3.05) is 45.7 Å². The van der Waals surface area contributed by atoms with Gasteiger partial charge in [0.1, 0.15) is 5.76 Å². The number of aromatic nitrogens is 1. The number of ether oxygens (including phenoxy) is 2. The van der Waals surface area contributed by atoms with Gasteiger partial charge in [-0.3, -0.25) is 19.8 Å². The highest BCUT2D eigenvalue weighted by Crippen LogP contribution is 2.25. The van der Waals surface area contributed by atoms with Crippen LogP contribution in [0, 0.1) is 17.0 Å². The van der Waals surface area contributed by atoms with E-state index in [9.17, 15) is 19.7 Å². The van der Waals surface area contributed by atoms with Gasteiger partial charge < -0.3 is 14.0 Å². The number of methoxy groups -OCH3 is 1. The molecule has 0 saturated carbocycles. The lowest BCUT2D eigenvalue weighted by molar-refractivity contribution is -0.384. The molecule has 162 valence electrons. The number of morpholine rings is 1. The van der Waals surface area contributed by atoms with E-state index >= 15 is 0 Å². The molecule has 0 atom stereocenters. The average Bonchev–Trinajstić information content (AvgIpc) is 3.04. The Labute approximate surface area is 176 Å². The number of carbonyl (C=O) groups excluding carboxylic acids is 1. The first-order chi connectivity index (χ1) is 14.4. The highest BCUT2D eigenvalue weighted by Gasteiger charge is 2.24. The lowest BCUT2D eigenvalue weighted by Crippen LogP contribution is -2.37. The van der Waals surface area contributed by atoms with Crippen LogP contribution in [0.15, 0.2) is 27.5 Å². The first kappa shape index (κ1) is 22.1. The van der Waals surface area contributed by atoms with Crippen LogP contribution in [0.2, 0.25) is 0 Å². The highest BCUT2D eigenvalue weighted by atomic mass is 32.2. The van der Waals surface area contributed by atoms with E-state index in [1.807, 2.05) is 0 Å². The summed E-state index contributed by atoms with van der Waals surface area (Å²) in [7, 11) is 1.19. The Morgan fingerprint density at radius 1 is 1.33 bits per heavy atom. The fourth-order valence-corrected chi connectivity index (χ4v) is 4.17. The zero-order valence-corrected chi connectivity index (χ0v) is 17.6. The van der Waals surface area contributed by atoms with E-state index in [1.165, 1.54) is 19.2 Å². The predicted molar refractivity (Wildman–Crippen MR) is 110 cm³/mol. The smallest absolute Gasteiger partial charge is 0.338 e. The second-order valence-corrected chi connectivity index (χ2v) is 7.79. The van der Waals surface area contributed by atoms with Crippen LogP contribution >= 0.6 is 11.8 Å². The van der Waals surface area contributed by atoms with E-state index in [2.05, 4.69) is 9.64 Å². The highest BCUT2D eigenvalue weighted by molar-refractivity contribution is 7.98. The van der Waals surface area contributed by atoms with Crippen molar-refractivity contribution in [1.29, 1.82) is 0 Å². The topological polar surface area (TPSA) is 117 Å². The number of nitro groups is 1. The summed E-state index contributed by atoms with van der Waals surface area (Å²) in [5.74, 6) is 0.993. The van der Waals surface area contributed by atoms with Crippen LogP contribution in [-0.2, 0) is 15.2 Å². The molecular weight excluding hydrogens is 414 g/mol. The molecule has 30 heavy (non-hydrogen) atoms. The third kappa shape index (κ3) is 4.91. The molecule has 1 aliphatic heterocycles. The number of benzene rings is 1. The third-order valence-electron chi connectivity index (χ3n) is 4.81. The van der Waals surface area contributed by atoms with Crippen molar-refractivity contribution in [3.8, 4) is 5.69 Å².